The number of esters is 1. The molecule has 0 spiro atoms. The fourth-order valence-electron chi connectivity index (χ4n) is 2.12. The molecule has 1 aliphatic rings. The van der Waals surface area contributed by atoms with E-state index in [4.69, 9.17) is 9.47 Å². The number of cyclic esters (lactones) is 1. The van der Waals surface area contributed by atoms with Gasteiger partial charge in [0.1, 0.15) is 5.75 Å². The summed E-state index contributed by atoms with van der Waals surface area (Å²) in [4.78, 5) is 11.5. The monoisotopic (exact) mass is 327 g/mol. The standard InChI is InChI=1S/C14H18BrNO3/c1-3-16-9(2)11-5-4-10(15)8-13(11)19-12-6-7-18-14(12)17/h4-5,8-9,12,16H,3,6-7H2,1-2H3. The molecule has 1 aromatic rings. The SMILES string of the molecule is CCNC(C)c1ccc(Br)cc1OC1CCOC1=O. The summed E-state index contributed by atoms with van der Waals surface area (Å²) in [6.07, 6.45) is 0.127. The second-order valence-corrected chi connectivity index (χ2v) is 5.44. The number of ether oxygens (including phenoxy) is 2. The summed E-state index contributed by atoms with van der Waals surface area (Å²) >= 11 is 3.43. The van der Waals surface area contributed by atoms with E-state index in [0.29, 0.717) is 13.0 Å². The second-order valence-electron chi connectivity index (χ2n) is 4.52. The molecule has 1 fully saturated rings. The van der Waals surface area contributed by atoms with E-state index >= 15 is 0 Å². The first kappa shape index (κ1) is 14.3. The highest BCUT2D eigenvalue weighted by Crippen LogP contribution is 2.30. The minimum absolute atomic E-state index is 0.172. The fraction of sp³-hybridized carbons (Fsp3) is 0.500. The van der Waals surface area contributed by atoms with Crippen molar-refractivity contribution in [1.82, 2.24) is 5.32 Å². The molecule has 0 saturated carbocycles. The Hall–Kier alpha value is -1.07. The molecule has 0 aromatic heterocycles. The Morgan fingerprint density at radius 1 is 1.58 bits per heavy atom. The van der Waals surface area contributed by atoms with Crippen molar-refractivity contribution in [1.29, 1.82) is 0 Å². The summed E-state index contributed by atoms with van der Waals surface area (Å²) in [7, 11) is 0. The van der Waals surface area contributed by atoms with E-state index < -0.39 is 6.10 Å². The van der Waals surface area contributed by atoms with Crippen LogP contribution in [-0.4, -0.2) is 25.2 Å². The molecule has 2 atom stereocenters. The predicted molar refractivity (Wildman–Crippen MR) is 76.2 cm³/mol. The van der Waals surface area contributed by atoms with Crippen molar-refractivity contribution in [2.75, 3.05) is 13.2 Å². The first-order valence-electron chi connectivity index (χ1n) is 6.48. The van der Waals surface area contributed by atoms with Gasteiger partial charge in [-0.25, -0.2) is 4.79 Å². The summed E-state index contributed by atoms with van der Waals surface area (Å²) in [6.45, 7) is 5.45. The minimum Gasteiger partial charge on any atom is -0.478 e. The number of halogens is 1. The predicted octanol–water partition coefficient (Wildman–Crippen LogP) is 2.81. The molecule has 0 aliphatic carbocycles. The molecule has 1 aliphatic heterocycles. The molecule has 0 amide bonds. The van der Waals surface area contributed by atoms with Crippen LogP contribution in [0.3, 0.4) is 0 Å². The maximum Gasteiger partial charge on any atom is 0.347 e. The molecule has 2 unspecified atom stereocenters. The van der Waals surface area contributed by atoms with Crippen LogP contribution in [0.1, 0.15) is 31.9 Å². The zero-order valence-electron chi connectivity index (χ0n) is 11.1. The third kappa shape index (κ3) is 3.48. The summed E-state index contributed by atoms with van der Waals surface area (Å²) in [5.41, 5.74) is 1.05. The van der Waals surface area contributed by atoms with Gasteiger partial charge in [-0.05, 0) is 25.6 Å². The van der Waals surface area contributed by atoms with Gasteiger partial charge in [0.15, 0.2) is 6.10 Å². The topological polar surface area (TPSA) is 47.6 Å². The summed E-state index contributed by atoms with van der Waals surface area (Å²) in [5.74, 6) is 0.453. The van der Waals surface area contributed by atoms with E-state index in [-0.39, 0.29) is 12.0 Å². The molecule has 5 heteroatoms. The number of hydrogen-bond donors (Lipinski definition) is 1. The maximum atomic E-state index is 11.5. The summed E-state index contributed by atoms with van der Waals surface area (Å²) in [6, 6.07) is 6.05. The van der Waals surface area contributed by atoms with Gasteiger partial charge in [0.05, 0.1) is 6.61 Å². The lowest BCUT2D eigenvalue weighted by Crippen LogP contribution is -2.24. The zero-order valence-corrected chi connectivity index (χ0v) is 12.7. The normalized spacial score (nSPS) is 20.2. The molecule has 0 radical (unpaired) electrons. The molecular formula is C14H18BrNO3. The molecule has 1 heterocycles. The highest BCUT2D eigenvalue weighted by Gasteiger charge is 2.29. The summed E-state index contributed by atoms with van der Waals surface area (Å²) < 4.78 is 11.7. The first-order chi connectivity index (χ1) is 9.11. The van der Waals surface area contributed by atoms with Gasteiger partial charge in [0, 0.05) is 22.5 Å². The molecule has 4 nitrogen and oxygen atoms in total. The quantitative estimate of drug-likeness (QED) is 0.845. The van der Waals surface area contributed by atoms with Crippen LogP contribution in [-0.2, 0) is 9.53 Å². The van der Waals surface area contributed by atoms with Crippen LogP contribution >= 0.6 is 15.9 Å². The van der Waals surface area contributed by atoms with Crippen molar-refractivity contribution in [3.63, 3.8) is 0 Å². The Balaban J connectivity index is 2.21. The smallest absolute Gasteiger partial charge is 0.347 e. The van der Waals surface area contributed by atoms with Crippen molar-refractivity contribution in [2.24, 2.45) is 0 Å². The number of rotatable bonds is 5. The number of carbonyl (C=O) groups excluding carboxylic acids is 1. The average Bonchev–Trinajstić information content (AvgIpc) is 2.75. The van der Waals surface area contributed by atoms with Crippen molar-refractivity contribution in [3.05, 3.63) is 28.2 Å². The van der Waals surface area contributed by atoms with Crippen LogP contribution in [0, 0.1) is 0 Å². The van der Waals surface area contributed by atoms with Crippen molar-refractivity contribution in [3.8, 4) is 5.75 Å². The van der Waals surface area contributed by atoms with E-state index in [1.165, 1.54) is 0 Å². The van der Waals surface area contributed by atoms with Gasteiger partial charge in [0.2, 0.25) is 0 Å². The Kier molecular flexibility index (Phi) is 4.82. The third-order valence-electron chi connectivity index (χ3n) is 3.11. The molecule has 1 N–H and O–H groups in total. The molecule has 104 valence electrons. The summed E-state index contributed by atoms with van der Waals surface area (Å²) in [5, 5.41) is 3.35. The number of hydrogen-bond acceptors (Lipinski definition) is 4. The molecule has 1 saturated heterocycles. The average molecular weight is 328 g/mol. The zero-order chi connectivity index (χ0) is 13.8. The van der Waals surface area contributed by atoms with E-state index in [1.54, 1.807) is 0 Å². The highest BCUT2D eigenvalue weighted by molar-refractivity contribution is 9.10. The van der Waals surface area contributed by atoms with Gasteiger partial charge in [-0.2, -0.15) is 0 Å². The first-order valence-corrected chi connectivity index (χ1v) is 7.27. The second kappa shape index (κ2) is 6.39. The van der Waals surface area contributed by atoms with Crippen molar-refractivity contribution in [2.45, 2.75) is 32.4 Å². The lowest BCUT2D eigenvalue weighted by atomic mass is 10.1. The highest BCUT2D eigenvalue weighted by atomic mass is 79.9. The Labute approximate surface area is 121 Å². The van der Waals surface area contributed by atoms with Gasteiger partial charge in [0.25, 0.3) is 0 Å². The number of benzene rings is 1. The van der Waals surface area contributed by atoms with E-state index in [2.05, 4.69) is 35.1 Å². The fourth-order valence-corrected chi connectivity index (χ4v) is 2.46. The Morgan fingerprint density at radius 2 is 2.37 bits per heavy atom. The Bertz CT molecular complexity index is 464. The number of nitrogens with one attached hydrogen (secondary N) is 1. The largest absolute Gasteiger partial charge is 0.478 e. The number of carbonyl (C=O) groups is 1. The van der Waals surface area contributed by atoms with Crippen LogP contribution in [0.2, 0.25) is 0 Å². The Morgan fingerprint density at radius 3 is 3.00 bits per heavy atom. The van der Waals surface area contributed by atoms with Gasteiger partial charge in [-0.3, -0.25) is 0 Å². The van der Waals surface area contributed by atoms with Gasteiger partial charge in [-0.15, -0.1) is 0 Å². The van der Waals surface area contributed by atoms with E-state index in [0.717, 1.165) is 22.3 Å². The lowest BCUT2D eigenvalue weighted by molar-refractivity contribution is -0.143. The van der Waals surface area contributed by atoms with Crippen molar-refractivity contribution >= 4 is 21.9 Å². The minimum atomic E-state index is -0.484. The van der Waals surface area contributed by atoms with Crippen LogP contribution in [0.15, 0.2) is 22.7 Å². The molecule has 0 bridgehead atoms. The molecular weight excluding hydrogens is 310 g/mol. The molecule has 19 heavy (non-hydrogen) atoms. The molecule has 1 aromatic carbocycles. The lowest BCUT2D eigenvalue weighted by Gasteiger charge is -2.19. The molecule has 2 rings (SSSR count). The van der Waals surface area contributed by atoms with Crippen LogP contribution in [0.4, 0.5) is 0 Å². The van der Waals surface area contributed by atoms with Gasteiger partial charge >= 0.3 is 5.97 Å². The third-order valence-corrected chi connectivity index (χ3v) is 3.60. The van der Waals surface area contributed by atoms with Gasteiger partial charge < -0.3 is 14.8 Å². The van der Waals surface area contributed by atoms with Crippen LogP contribution in [0.5, 0.6) is 5.75 Å². The van der Waals surface area contributed by atoms with Crippen LogP contribution < -0.4 is 10.1 Å². The van der Waals surface area contributed by atoms with Crippen LogP contribution in [0.25, 0.3) is 0 Å². The van der Waals surface area contributed by atoms with Gasteiger partial charge in [-0.1, -0.05) is 28.9 Å². The van der Waals surface area contributed by atoms with E-state index in [9.17, 15) is 4.79 Å². The van der Waals surface area contributed by atoms with Crippen molar-refractivity contribution < 1.29 is 14.3 Å². The van der Waals surface area contributed by atoms with E-state index in [1.807, 2.05) is 18.2 Å². The maximum absolute atomic E-state index is 11.5.